The van der Waals surface area contributed by atoms with Crippen molar-refractivity contribution in [1.82, 2.24) is 5.32 Å². The molecule has 5 saturated carbocycles. The number of carbonyl (C=O) groups excluding carboxylic acids is 3. The fourth-order valence-corrected chi connectivity index (χ4v) is 13.8. The third-order valence-corrected chi connectivity index (χ3v) is 16.7. The van der Waals surface area contributed by atoms with Gasteiger partial charge in [-0.3, -0.25) is 19.2 Å². The summed E-state index contributed by atoms with van der Waals surface area (Å²) in [5, 5.41) is 12.2. The summed E-state index contributed by atoms with van der Waals surface area (Å²) in [5.74, 6) is -0.0956. The molecule has 0 aromatic heterocycles. The van der Waals surface area contributed by atoms with Crippen LogP contribution in [0.15, 0.2) is 12.2 Å². The van der Waals surface area contributed by atoms with Crippen LogP contribution in [-0.4, -0.2) is 48.2 Å². The predicted molar refractivity (Wildman–Crippen MR) is 194 cm³/mol. The Morgan fingerprint density at radius 2 is 1.46 bits per heavy atom. The van der Waals surface area contributed by atoms with Crippen molar-refractivity contribution in [3.63, 3.8) is 0 Å². The maximum atomic E-state index is 13.1. The Morgan fingerprint density at radius 1 is 0.820 bits per heavy atom. The average Bonchev–Trinajstić information content (AvgIpc) is 3.40. The molecule has 282 valence electrons. The van der Waals surface area contributed by atoms with Gasteiger partial charge in [0, 0.05) is 12.3 Å². The number of ether oxygens (including phenoxy) is 2. The van der Waals surface area contributed by atoms with Crippen LogP contribution in [0.5, 0.6) is 0 Å². The number of hydrogen-bond donors (Lipinski definition) is 2. The smallest absolute Gasteiger partial charge is 0.325 e. The highest BCUT2D eigenvalue weighted by Gasteiger charge is 2.74. The molecular formula is C42H67NO7. The van der Waals surface area contributed by atoms with Gasteiger partial charge >= 0.3 is 17.9 Å². The highest BCUT2D eigenvalue weighted by atomic mass is 16.5. The Hall–Kier alpha value is -2.38. The molecule has 50 heavy (non-hydrogen) atoms. The SMILES string of the molecule is C=C(C)[C@@H]1CC[C@]2(CCOC(=O)CNC(C)=O)CC[C@@]3(C)[C@]4(C)CC[C@H]5C(C)(C)[C@@H](OC(=O)CC(C)(C)C(=O)O)CC[C@]5(C)[C@H]4CC[C@]3(C)[C@@H]12. The molecule has 5 aliphatic rings. The number of carbonyl (C=O) groups is 4. The van der Waals surface area contributed by atoms with Crippen LogP contribution in [0, 0.1) is 61.6 Å². The second-order valence-corrected chi connectivity index (χ2v) is 19.8. The second kappa shape index (κ2) is 12.9. The lowest BCUT2D eigenvalue weighted by atomic mass is 9.28. The number of allylic oxidation sites excluding steroid dienone is 1. The van der Waals surface area contributed by atoms with E-state index in [-0.39, 0.29) is 63.4 Å². The van der Waals surface area contributed by atoms with Gasteiger partial charge in [-0.1, -0.05) is 53.7 Å². The third-order valence-electron chi connectivity index (χ3n) is 16.7. The lowest BCUT2D eigenvalue weighted by Gasteiger charge is -2.76. The van der Waals surface area contributed by atoms with E-state index in [1.165, 1.54) is 31.8 Å². The number of amides is 1. The summed E-state index contributed by atoms with van der Waals surface area (Å²) in [4.78, 5) is 48.6. The Morgan fingerprint density at radius 3 is 2.08 bits per heavy atom. The zero-order chi connectivity index (χ0) is 37.3. The predicted octanol–water partition coefficient (Wildman–Crippen LogP) is 8.52. The van der Waals surface area contributed by atoms with Crippen LogP contribution in [0.3, 0.4) is 0 Å². The Balaban J connectivity index is 1.39. The van der Waals surface area contributed by atoms with Gasteiger partial charge in [0.2, 0.25) is 5.91 Å². The molecule has 5 rings (SSSR count). The second-order valence-electron chi connectivity index (χ2n) is 19.8. The average molecular weight is 698 g/mol. The molecule has 0 radical (unpaired) electrons. The van der Waals surface area contributed by atoms with E-state index in [0.29, 0.717) is 30.3 Å². The van der Waals surface area contributed by atoms with Crippen molar-refractivity contribution in [3.8, 4) is 0 Å². The number of fused-ring (bicyclic) bond motifs is 7. The van der Waals surface area contributed by atoms with Crippen molar-refractivity contribution in [2.24, 2.45) is 61.6 Å². The lowest BCUT2D eigenvalue weighted by Crippen LogP contribution is -2.69. The molecule has 0 aromatic rings. The molecule has 8 nitrogen and oxygen atoms in total. The van der Waals surface area contributed by atoms with E-state index in [4.69, 9.17) is 9.47 Å². The molecule has 0 bridgehead atoms. The van der Waals surface area contributed by atoms with E-state index in [1.54, 1.807) is 13.8 Å². The summed E-state index contributed by atoms with van der Waals surface area (Å²) < 4.78 is 11.9. The van der Waals surface area contributed by atoms with E-state index in [0.717, 1.165) is 51.4 Å². The molecule has 2 N–H and O–H groups in total. The summed E-state index contributed by atoms with van der Waals surface area (Å²) in [6.07, 6.45) is 11.5. The molecule has 0 heterocycles. The molecule has 0 aliphatic heterocycles. The zero-order valence-corrected chi connectivity index (χ0v) is 32.9. The minimum atomic E-state index is -1.15. The maximum absolute atomic E-state index is 13.1. The summed E-state index contributed by atoms with van der Waals surface area (Å²) >= 11 is 0. The molecule has 5 aliphatic carbocycles. The summed E-state index contributed by atoms with van der Waals surface area (Å²) in [7, 11) is 0. The van der Waals surface area contributed by atoms with Crippen LogP contribution >= 0.6 is 0 Å². The number of carboxylic acid groups (broad SMARTS) is 1. The molecule has 8 heteroatoms. The van der Waals surface area contributed by atoms with E-state index in [9.17, 15) is 24.3 Å². The van der Waals surface area contributed by atoms with Crippen molar-refractivity contribution >= 4 is 23.8 Å². The number of hydrogen-bond acceptors (Lipinski definition) is 6. The van der Waals surface area contributed by atoms with Gasteiger partial charge in [0.05, 0.1) is 18.4 Å². The van der Waals surface area contributed by atoms with E-state index in [2.05, 4.69) is 60.4 Å². The van der Waals surface area contributed by atoms with Crippen LogP contribution in [-0.2, 0) is 28.7 Å². The van der Waals surface area contributed by atoms with E-state index >= 15 is 0 Å². The van der Waals surface area contributed by atoms with Gasteiger partial charge in [0.15, 0.2) is 0 Å². The Kier molecular flexibility index (Phi) is 10.0. The molecule has 0 saturated heterocycles. The number of carboxylic acids is 1. The number of rotatable bonds is 10. The molecule has 1 amide bonds. The van der Waals surface area contributed by atoms with E-state index in [1.807, 2.05) is 0 Å². The molecular weight excluding hydrogens is 630 g/mol. The highest BCUT2D eigenvalue weighted by molar-refractivity contribution is 5.81. The molecule has 0 spiro atoms. The lowest BCUT2D eigenvalue weighted by molar-refractivity contribution is -0.279. The molecule has 5 fully saturated rings. The van der Waals surface area contributed by atoms with Crippen LogP contribution in [0.1, 0.15) is 146 Å². The number of aliphatic carboxylic acids is 1. The fourth-order valence-electron chi connectivity index (χ4n) is 13.8. The van der Waals surface area contributed by atoms with Gasteiger partial charge in [0.25, 0.3) is 0 Å². The third kappa shape index (κ3) is 5.94. The number of esters is 2. The van der Waals surface area contributed by atoms with Crippen molar-refractivity contribution in [1.29, 1.82) is 0 Å². The number of nitrogens with one attached hydrogen (secondary N) is 1. The first-order chi connectivity index (χ1) is 23.0. The molecule has 0 aromatic carbocycles. The first-order valence-corrected chi connectivity index (χ1v) is 19.5. The maximum Gasteiger partial charge on any atom is 0.325 e. The van der Waals surface area contributed by atoms with Gasteiger partial charge in [-0.25, -0.2) is 0 Å². The van der Waals surface area contributed by atoms with Gasteiger partial charge in [-0.15, -0.1) is 0 Å². The standard InChI is InChI=1S/C42H67NO7/c1-26(2)28-12-19-42(22-23-49-33(46)25-43-27(3)44)21-20-41(11)39(9)17-13-29-37(6,7)31(50-32(45)24-36(4,5)35(47)48)15-16-38(29,8)30(39)14-18-40(41,10)34(28)42/h28-31,34H,1,12-25H2,2-11H3,(H,43,44)(H,47,48)/t28-,29-,30+,31-,34+,38-,39+,40+,41-,42+/m0/s1. The van der Waals surface area contributed by atoms with Crippen molar-refractivity contribution in [2.45, 2.75) is 152 Å². The van der Waals surface area contributed by atoms with E-state index < -0.39 is 17.4 Å². The van der Waals surface area contributed by atoms with Gasteiger partial charge < -0.3 is 19.9 Å². The van der Waals surface area contributed by atoms with Gasteiger partial charge in [0.1, 0.15) is 12.6 Å². The van der Waals surface area contributed by atoms with Gasteiger partial charge in [-0.05, 0) is 142 Å². The Labute approximate surface area is 301 Å². The van der Waals surface area contributed by atoms with Crippen LogP contribution < -0.4 is 5.32 Å². The zero-order valence-electron chi connectivity index (χ0n) is 32.9. The monoisotopic (exact) mass is 697 g/mol. The summed E-state index contributed by atoms with van der Waals surface area (Å²) in [6, 6.07) is 0. The molecule has 0 unspecified atom stereocenters. The first kappa shape index (κ1) is 38.8. The minimum absolute atomic E-state index is 0.0850. The normalized spacial score (nSPS) is 41.8. The van der Waals surface area contributed by atoms with Crippen molar-refractivity contribution in [2.75, 3.05) is 13.2 Å². The van der Waals surface area contributed by atoms with Gasteiger partial charge in [-0.2, -0.15) is 0 Å². The quantitative estimate of drug-likeness (QED) is 0.174. The fraction of sp³-hybridized carbons (Fsp3) is 0.857. The minimum Gasteiger partial charge on any atom is -0.481 e. The van der Waals surface area contributed by atoms with Crippen LogP contribution in [0.25, 0.3) is 0 Å². The Bertz CT molecular complexity index is 1400. The topological polar surface area (TPSA) is 119 Å². The molecule has 10 atom stereocenters. The first-order valence-electron chi connectivity index (χ1n) is 19.5. The summed E-state index contributed by atoms with van der Waals surface area (Å²) in [5.41, 5.74) is 0.526. The van der Waals surface area contributed by atoms with Crippen LogP contribution in [0.2, 0.25) is 0 Å². The summed E-state index contributed by atoms with van der Waals surface area (Å²) in [6.45, 7) is 26.7. The highest BCUT2D eigenvalue weighted by Crippen LogP contribution is 2.81. The van der Waals surface area contributed by atoms with Crippen LogP contribution in [0.4, 0.5) is 0 Å². The largest absolute Gasteiger partial charge is 0.481 e. The van der Waals surface area contributed by atoms with Crippen molar-refractivity contribution in [3.05, 3.63) is 12.2 Å². The van der Waals surface area contributed by atoms with Crippen molar-refractivity contribution < 1.29 is 33.8 Å².